The first-order chi connectivity index (χ1) is 4.72. The standard InChI is InChI=1S/C7H13N3/c1-5-7(6(2)3)9-10-8-4/h5-6,10H,1,4H2,2-3H3/b9-7+. The van der Waals surface area contributed by atoms with E-state index in [1.54, 1.807) is 6.08 Å². The lowest BCUT2D eigenvalue weighted by Gasteiger charge is -2.02. The largest absolute Gasteiger partial charge is 0.198 e. The highest BCUT2D eigenvalue weighted by molar-refractivity contribution is 5.95. The van der Waals surface area contributed by atoms with E-state index in [2.05, 4.69) is 29.0 Å². The van der Waals surface area contributed by atoms with Crippen LogP contribution in [0, 0.1) is 5.92 Å². The van der Waals surface area contributed by atoms with E-state index in [1.165, 1.54) is 0 Å². The summed E-state index contributed by atoms with van der Waals surface area (Å²) >= 11 is 0. The first-order valence-corrected chi connectivity index (χ1v) is 3.13. The van der Waals surface area contributed by atoms with E-state index in [4.69, 9.17) is 0 Å². The number of hydrazone groups is 2. The first-order valence-electron chi connectivity index (χ1n) is 3.13. The van der Waals surface area contributed by atoms with E-state index in [9.17, 15) is 0 Å². The van der Waals surface area contributed by atoms with Crippen molar-refractivity contribution in [2.75, 3.05) is 0 Å². The monoisotopic (exact) mass is 139 g/mol. The van der Waals surface area contributed by atoms with Crippen LogP contribution in [-0.4, -0.2) is 12.4 Å². The molecule has 0 heterocycles. The van der Waals surface area contributed by atoms with Gasteiger partial charge in [0.05, 0.1) is 5.71 Å². The Morgan fingerprint density at radius 2 is 2.20 bits per heavy atom. The van der Waals surface area contributed by atoms with Crippen molar-refractivity contribution in [2.24, 2.45) is 16.1 Å². The van der Waals surface area contributed by atoms with Crippen molar-refractivity contribution in [3.05, 3.63) is 12.7 Å². The van der Waals surface area contributed by atoms with Crippen molar-refractivity contribution < 1.29 is 0 Å². The average molecular weight is 139 g/mol. The fraction of sp³-hybridized carbons (Fsp3) is 0.429. The summed E-state index contributed by atoms with van der Waals surface area (Å²) in [5.74, 6) is 0.367. The Kier molecular flexibility index (Phi) is 4.20. The first kappa shape index (κ1) is 8.88. The molecule has 3 heteroatoms. The van der Waals surface area contributed by atoms with Gasteiger partial charge in [0.25, 0.3) is 0 Å². The number of allylic oxidation sites excluding steroid dienone is 1. The summed E-state index contributed by atoms with van der Waals surface area (Å²) in [6.07, 6.45) is 1.70. The van der Waals surface area contributed by atoms with Gasteiger partial charge >= 0.3 is 0 Å². The van der Waals surface area contributed by atoms with Crippen LogP contribution in [0.1, 0.15) is 13.8 Å². The Morgan fingerprint density at radius 3 is 2.50 bits per heavy atom. The third-order valence-corrected chi connectivity index (χ3v) is 1.05. The molecule has 1 N–H and O–H groups in total. The van der Waals surface area contributed by atoms with Crippen molar-refractivity contribution in [3.63, 3.8) is 0 Å². The van der Waals surface area contributed by atoms with Gasteiger partial charge in [-0.25, -0.2) is 0 Å². The van der Waals surface area contributed by atoms with E-state index < -0.39 is 0 Å². The molecule has 0 bridgehead atoms. The minimum absolute atomic E-state index is 0.367. The SMILES string of the molecule is C=C/C(=N\NN=C)C(C)C. The molecule has 0 spiro atoms. The number of nitrogens with one attached hydrogen (secondary N) is 1. The lowest BCUT2D eigenvalue weighted by molar-refractivity contribution is 0.784. The molecule has 0 atom stereocenters. The lowest BCUT2D eigenvalue weighted by Crippen LogP contribution is -2.08. The molecule has 0 aliphatic carbocycles. The number of hydrogen-bond acceptors (Lipinski definition) is 3. The van der Waals surface area contributed by atoms with Gasteiger partial charge in [-0.15, -0.1) is 0 Å². The van der Waals surface area contributed by atoms with Crippen LogP contribution in [0.5, 0.6) is 0 Å². The molecule has 0 aliphatic heterocycles. The van der Waals surface area contributed by atoms with Crippen LogP contribution in [0.25, 0.3) is 0 Å². The second-order valence-corrected chi connectivity index (χ2v) is 2.15. The van der Waals surface area contributed by atoms with E-state index in [1.807, 2.05) is 13.8 Å². The normalized spacial score (nSPS) is 11.3. The quantitative estimate of drug-likeness (QED) is 0.463. The highest BCUT2D eigenvalue weighted by Gasteiger charge is 1.97. The second-order valence-electron chi connectivity index (χ2n) is 2.15. The zero-order chi connectivity index (χ0) is 7.98. The predicted molar refractivity (Wildman–Crippen MR) is 45.2 cm³/mol. The Bertz CT molecular complexity index is 147. The molecule has 10 heavy (non-hydrogen) atoms. The molecule has 0 aromatic heterocycles. The van der Waals surface area contributed by atoms with E-state index in [0.29, 0.717) is 5.92 Å². The van der Waals surface area contributed by atoms with Gasteiger partial charge in [0.1, 0.15) is 0 Å². The summed E-state index contributed by atoms with van der Waals surface area (Å²) in [4.78, 5) is 0. The predicted octanol–water partition coefficient (Wildman–Crippen LogP) is 1.39. The topological polar surface area (TPSA) is 36.8 Å². The molecule has 0 saturated carbocycles. The molecular weight excluding hydrogens is 126 g/mol. The van der Waals surface area contributed by atoms with Gasteiger partial charge in [-0.05, 0) is 12.0 Å². The molecule has 0 saturated heterocycles. The van der Waals surface area contributed by atoms with Gasteiger partial charge in [-0.3, -0.25) is 0 Å². The van der Waals surface area contributed by atoms with Gasteiger partial charge in [0, 0.05) is 6.72 Å². The van der Waals surface area contributed by atoms with E-state index in [0.717, 1.165) is 5.71 Å². The Hall–Kier alpha value is -1.12. The van der Waals surface area contributed by atoms with Crippen LogP contribution in [0.4, 0.5) is 0 Å². The average Bonchev–Trinajstić information content (AvgIpc) is 1.89. The Morgan fingerprint density at radius 1 is 1.60 bits per heavy atom. The minimum Gasteiger partial charge on any atom is -0.198 e. The summed E-state index contributed by atoms with van der Waals surface area (Å²) in [5, 5.41) is 7.25. The van der Waals surface area contributed by atoms with Gasteiger partial charge in [0.15, 0.2) is 0 Å². The maximum Gasteiger partial charge on any atom is 0.0643 e. The third kappa shape index (κ3) is 3.02. The van der Waals surface area contributed by atoms with Gasteiger partial charge in [-0.2, -0.15) is 15.7 Å². The van der Waals surface area contributed by atoms with Crippen LogP contribution < -0.4 is 5.53 Å². The zero-order valence-corrected chi connectivity index (χ0v) is 6.46. The van der Waals surface area contributed by atoms with Crippen LogP contribution in [-0.2, 0) is 0 Å². The number of hydrogen-bond donors (Lipinski definition) is 1. The number of nitrogens with zero attached hydrogens (tertiary/aromatic N) is 2. The fourth-order valence-electron chi connectivity index (χ4n) is 0.504. The van der Waals surface area contributed by atoms with Gasteiger partial charge < -0.3 is 0 Å². The van der Waals surface area contributed by atoms with Crippen LogP contribution >= 0.6 is 0 Å². The van der Waals surface area contributed by atoms with Crippen molar-refractivity contribution >= 4 is 12.4 Å². The summed E-state index contributed by atoms with van der Waals surface area (Å²) in [6, 6.07) is 0. The highest BCUT2D eigenvalue weighted by atomic mass is 15.5. The smallest absolute Gasteiger partial charge is 0.0643 e. The molecule has 0 fully saturated rings. The molecule has 0 unspecified atom stereocenters. The van der Waals surface area contributed by atoms with Crippen molar-refractivity contribution in [1.29, 1.82) is 0 Å². The van der Waals surface area contributed by atoms with Crippen LogP contribution in [0.2, 0.25) is 0 Å². The van der Waals surface area contributed by atoms with E-state index in [-0.39, 0.29) is 0 Å². The highest BCUT2D eigenvalue weighted by Crippen LogP contribution is 1.96. The van der Waals surface area contributed by atoms with Gasteiger partial charge in [0.2, 0.25) is 0 Å². The molecule has 0 radical (unpaired) electrons. The molecule has 56 valence electrons. The second kappa shape index (κ2) is 4.73. The summed E-state index contributed by atoms with van der Waals surface area (Å²) in [6.45, 7) is 10.9. The van der Waals surface area contributed by atoms with E-state index >= 15 is 0 Å². The van der Waals surface area contributed by atoms with Crippen molar-refractivity contribution in [2.45, 2.75) is 13.8 Å². The molecule has 3 nitrogen and oxygen atoms in total. The molecule has 0 rings (SSSR count). The summed E-state index contributed by atoms with van der Waals surface area (Å²) in [7, 11) is 0. The number of rotatable bonds is 4. The molecular formula is C7H13N3. The molecule has 0 aromatic rings. The van der Waals surface area contributed by atoms with Gasteiger partial charge in [-0.1, -0.05) is 20.4 Å². The maximum atomic E-state index is 3.88. The summed E-state index contributed by atoms with van der Waals surface area (Å²) < 4.78 is 0. The Labute approximate surface area is 61.5 Å². The fourth-order valence-corrected chi connectivity index (χ4v) is 0.504. The molecule has 0 amide bonds. The summed E-state index contributed by atoms with van der Waals surface area (Å²) in [5.41, 5.74) is 3.29. The van der Waals surface area contributed by atoms with Crippen LogP contribution in [0.15, 0.2) is 22.9 Å². The third-order valence-electron chi connectivity index (χ3n) is 1.05. The lowest BCUT2D eigenvalue weighted by atomic mass is 10.1. The Balaban J connectivity index is 4.03. The zero-order valence-electron chi connectivity index (χ0n) is 6.46. The molecule has 0 aliphatic rings. The van der Waals surface area contributed by atoms with Crippen LogP contribution in [0.3, 0.4) is 0 Å². The maximum absolute atomic E-state index is 3.88. The molecule has 0 aromatic carbocycles. The van der Waals surface area contributed by atoms with Crippen molar-refractivity contribution in [3.8, 4) is 0 Å². The minimum atomic E-state index is 0.367. The van der Waals surface area contributed by atoms with Crippen molar-refractivity contribution in [1.82, 2.24) is 5.53 Å².